The maximum Gasteiger partial charge on any atom is 0.167 e. The molecule has 0 fully saturated rings. The van der Waals surface area contributed by atoms with Crippen molar-refractivity contribution in [2.45, 2.75) is 0 Å². The number of hydrogen-bond donors (Lipinski definition) is 0. The summed E-state index contributed by atoms with van der Waals surface area (Å²) in [7, 11) is 0. The number of nitrogens with zero attached hydrogens (tertiary/aromatic N) is 3. The number of rotatable bonds is 3. The molecule has 184 valence electrons. The van der Waals surface area contributed by atoms with Crippen molar-refractivity contribution < 1.29 is 8.83 Å². The van der Waals surface area contributed by atoms with Crippen LogP contribution in [-0.2, 0) is 0 Å². The Kier molecular flexibility index (Phi) is 4.90. The molecule has 3 aromatic heterocycles. The van der Waals surface area contributed by atoms with Gasteiger partial charge in [-0.25, -0.2) is 15.0 Å². The van der Waals surface area contributed by atoms with Gasteiger partial charge in [0.05, 0.1) is 5.56 Å². The van der Waals surface area contributed by atoms with Crippen LogP contribution in [0.1, 0.15) is 0 Å². The van der Waals surface area contributed by atoms with Crippen molar-refractivity contribution >= 4 is 59.8 Å². The van der Waals surface area contributed by atoms with Crippen LogP contribution in [0.3, 0.4) is 0 Å². The average Bonchev–Trinajstić information content (AvgIpc) is 3.55. The zero-order chi connectivity index (χ0) is 25.9. The topological polar surface area (TPSA) is 65.0 Å². The second-order valence-electron chi connectivity index (χ2n) is 9.40. The first kappa shape index (κ1) is 22.2. The van der Waals surface area contributed by atoms with E-state index in [1.54, 1.807) is 0 Å². The van der Waals surface area contributed by atoms with E-state index in [-0.39, 0.29) is 0 Å². The van der Waals surface area contributed by atoms with Crippen LogP contribution in [0.4, 0.5) is 0 Å². The normalized spacial score (nSPS) is 11.7. The summed E-state index contributed by atoms with van der Waals surface area (Å²) in [6.45, 7) is 0. The van der Waals surface area contributed by atoms with Crippen molar-refractivity contribution in [3.05, 3.63) is 114 Å². The summed E-state index contributed by atoms with van der Waals surface area (Å²) in [5.41, 5.74) is 5.87. The van der Waals surface area contributed by atoms with Gasteiger partial charge in [-0.1, -0.05) is 76.6 Å². The highest BCUT2D eigenvalue weighted by atomic mass is 79.9. The van der Waals surface area contributed by atoms with Crippen molar-refractivity contribution in [1.29, 1.82) is 0 Å². The summed E-state index contributed by atoms with van der Waals surface area (Å²) >= 11 is 3.53. The van der Waals surface area contributed by atoms with Gasteiger partial charge in [-0.3, -0.25) is 0 Å². The summed E-state index contributed by atoms with van der Waals surface area (Å²) in [5, 5.41) is 4.18. The molecule has 0 amide bonds. The summed E-state index contributed by atoms with van der Waals surface area (Å²) in [6, 6.07) is 36.2. The molecule has 3 heterocycles. The third kappa shape index (κ3) is 3.64. The fourth-order valence-corrected chi connectivity index (χ4v) is 5.41. The van der Waals surface area contributed by atoms with Gasteiger partial charge < -0.3 is 8.83 Å². The lowest BCUT2D eigenvalue weighted by Gasteiger charge is -2.09. The molecule has 5 nitrogen and oxygen atoms in total. The standard InChI is InChI=1S/C33H18BrN3O2/c34-21-15-12-19(13-16-21)31-35-32(20-14-17-29-26(18-20)23-7-2-3-10-27(23)38-29)37-33(36-31)25-9-5-8-24-22-6-1-4-11-28(22)39-30(24)25/h1-18H. The summed E-state index contributed by atoms with van der Waals surface area (Å²) < 4.78 is 13.4. The lowest BCUT2D eigenvalue weighted by molar-refractivity contribution is 0.669. The third-order valence-electron chi connectivity index (χ3n) is 7.02. The largest absolute Gasteiger partial charge is 0.456 e. The Labute approximate surface area is 230 Å². The van der Waals surface area contributed by atoms with Crippen LogP contribution in [0.2, 0.25) is 0 Å². The van der Waals surface area contributed by atoms with E-state index < -0.39 is 0 Å². The van der Waals surface area contributed by atoms with Crippen molar-refractivity contribution in [2.75, 3.05) is 0 Å². The molecule has 8 rings (SSSR count). The van der Waals surface area contributed by atoms with E-state index in [9.17, 15) is 0 Å². The molecule has 6 heteroatoms. The molecule has 0 saturated carbocycles. The van der Waals surface area contributed by atoms with Crippen LogP contribution in [-0.4, -0.2) is 15.0 Å². The number of furan rings is 2. The Morgan fingerprint density at radius 3 is 1.85 bits per heavy atom. The quantitative estimate of drug-likeness (QED) is 0.212. The molecule has 0 aliphatic carbocycles. The second kappa shape index (κ2) is 8.61. The van der Waals surface area contributed by atoms with Crippen LogP contribution in [0.25, 0.3) is 78.0 Å². The highest BCUT2D eigenvalue weighted by Gasteiger charge is 2.18. The lowest BCUT2D eigenvalue weighted by Crippen LogP contribution is -2.00. The molecular formula is C33H18BrN3O2. The van der Waals surface area contributed by atoms with Crippen molar-refractivity contribution in [1.82, 2.24) is 15.0 Å². The minimum atomic E-state index is 0.555. The number of benzene rings is 5. The van der Waals surface area contributed by atoms with E-state index >= 15 is 0 Å². The molecule has 39 heavy (non-hydrogen) atoms. The van der Waals surface area contributed by atoms with E-state index in [0.717, 1.165) is 65.0 Å². The van der Waals surface area contributed by atoms with Gasteiger partial charge in [-0.15, -0.1) is 0 Å². The first-order chi connectivity index (χ1) is 19.2. The maximum atomic E-state index is 6.32. The van der Waals surface area contributed by atoms with Crippen LogP contribution in [0.15, 0.2) is 123 Å². The molecule has 8 aromatic rings. The van der Waals surface area contributed by atoms with Gasteiger partial charge >= 0.3 is 0 Å². The van der Waals surface area contributed by atoms with Gasteiger partial charge in [0.1, 0.15) is 22.3 Å². The number of fused-ring (bicyclic) bond motifs is 6. The van der Waals surface area contributed by atoms with Crippen molar-refractivity contribution in [3.8, 4) is 34.2 Å². The fourth-order valence-electron chi connectivity index (χ4n) is 5.14. The Hall–Kier alpha value is -4.81. The van der Waals surface area contributed by atoms with Crippen molar-refractivity contribution in [3.63, 3.8) is 0 Å². The molecule has 0 radical (unpaired) electrons. The third-order valence-corrected chi connectivity index (χ3v) is 7.55. The number of aromatic nitrogens is 3. The number of hydrogen-bond acceptors (Lipinski definition) is 5. The predicted octanol–water partition coefficient (Wildman–Crippen LogP) is 9.43. The zero-order valence-corrected chi connectivity index (χ0v) is 22.0. The van der Waals surface area contributed by atoms with E-state index in [4.69, 9.17) is 23.8 Å². The van der Waals surface area contributed by atoms with Gasteiger partial charge in [0.25, 0.3) is 0 Å². The number of para-hydroxylation sites is 3. The lowest BCUT2D eigenvalue weighted by atomic mass is 10.1. The van der Waals surface area contributed by atoms with Crippen molar-refractivity contribution in [2.24, 2.45) is 0 Å². The fraction of sp³-hybridized carbons (Fsp3) is 0. The first-order valence-corrected chi connectivity index (χ1v) is 13.3. The molecule has 0 unspecified atom stereocenters. The summed E-state index contributed by atoms with van der Waals surface area (Å²) in [4.78, 5) is 14.8. The monoisotopic (exact) mass is 567 g/mol. The Morgan fingerprint density at radius 1 is 0.462 bits per heavy atom. The average molecular weight is 568 g/mol. The van der Waals surface area contributed by atoms with Crippen LogP contribution in [0.5, 0.6) is 0 Å². The van der Waals surface area contributed by atoms with Crippen LogP contribution >= 0.6 is 15.9 Å². The smallest absolute Gasteiger partial charge is 0.167 e. The molecule has 5 aromatic carbocycles. The summed E-state index contributed by atoms with van der Waals surface area (Å²) in [5.74, 6) is 1.73. The molecule has 0 aliphatic heterocycles. The molecule has 0 saturated heterocycles. The van der Waals surface area contributed by atoms with E-state index in [2.05, 4.69) is 40.2 Å². The van der Waals surface area contributed by atoms with Crippen LogP contribution < -0.4 is 0 Å². The van der Waals surface area contributed by atoms with Gasteiger partial charge in [-0.05, 0) is 48.5 Å². The molecule has 0 N–H and O–H groups in total. The predicted molar refractivity (Wildman–Crippen MR) is 158 cm³/mol. The number of halogens is 1. The Morgan fingerprint density at radius 2 is 1.05 bits per heavy atom. The van der Waals surface area contributed by atoms with Gasteiger partial charge in [0, 0.05) is 37.1 Å². The van der Waals surface area contributed by atoms with E-state index in [1.165, 1.54) is 0 Å². The van der Waals surface area contributed by atoms with Gasteiger partial charge in [-0.2, -0.15) is 0 Å². The Balaban J connectivity index is 1.38. The van der Waals surface area contributed by atoms with Crippen LogP contribution in [0, 0.1) is 0 Å². The second-order valence-corrected chi connectivity index (χ2v) is 10.3. The minimum Gasteiger partial charge on any atom is -0.456 e. The minimum absolute atomic E-state index is 0.555. The van der Waals surface area contributed by atoms with E-state index in [0.29, 0.717) is 17.5 Å². The Bertz CT molecular complexity index is 2200. The molecule has 0 spiro atoms. The molecule has 0 atom stereocenters. The molecule has 0 bridgehead atoms. The van der Waals surface area contributed by atoms with Gasteiger partial charge in [0.15, 0.2) is 17.5 Å². The van der Waals surface area contributed by atoms with E-state index in [1.807, 2.05) is 84.9 Å². The molecular weight excluding hydrogens is 550 g/mol. The maximum absolute atomic E-state index is 6.32. The zero-order valence-electron chi connectivity index (χ0n) is 20.4. The first-order valence-electron chi connectivity index (χ1n) is 12.6. The van der Waals surface area contributed by atoms with Gasteiger partial charge in [0.2, 0.25) is 0 Å². The summed E-state index contributed by atoms with van der Waals surface area (Å²) in [6.07, 6.45) is 0. The SMILES string of the molecule is Brc1ccc(-c2nc(-c3ccc4oc5ccccc5c4c3)nc(-c3cccc4c3oc3ccccc34)n2)cc1. The highest BCUT2D eigenvalue weighted by Crippen LogP contribution is 2.36. The highest BCUT2D eigenvalue weighted by molar-refractivity contribution is 9.10. The molecule has 0 aliphatic rings.